The van der Waals surface area contributed by atoms with E-state index in [9.17, 15) is 0 Å². The zero-order valence-electron chi connectivity index (χ0n) is 7.54. The van der Waals surface area contributed by atoms with E-state index >= 15 is 0 Å². The van der Waals surface area contributed by atoms with E-state index in [0.29, 0.717) is 0 Å². The Morgan fingerprint density at radius 2 is 2.17 bits per heavy atom. The molecule has 1 aromatic rings. The molecule has 0 fully saturated rings. The summed E-state index contributed by atoms with van der Waals surface area (Å²) in [6.45, 7) is 1.15. The van der Waals surface area contributed by atoms with Crippen LogP contribution in [0.2, 0.25) is 0 Å². The molecule has 0 bridgehead atoms. The molecule has 0 aromatic carbocycles. The quantitative estimate of drug-likeness (QED) is 0.416. The fourth-order valence-electron chi connectivity index (χ4n) is 1.20. The molecule has 12 heavy (non-hydrogen) atoms. The summed E-state index contributed by atoms with van der Waals surface area (Å²) in [5.74, 6) is 0. The monoisotopic (exact) mass is 231 g/mol. The molecule has 0 N–H and O–H groups in total. The van der Waals surface area contributed by atoms with Crippen molar-refractivity contribution in [1.82, 2.24) is 4.57 Å². The van der Waals surface area contributed by atoms with Crippen LogP contribution in [-0.4, -0.2) is 9.90 Å². The van der Waals surface area contributed by atoms with E-state index in [1.807, 2.05) is 0 Å². The number of aromatic nitrogens is 2. The Labute approximate surface area is 82.3 Å². The molecule has 0 saturated carbocycles. The molecule has 0 atom stereocenters. The van der Waals surface area contributed by atoms with Crippen LogP contribution in [0.25, 0.3) is 0 Å². The number of unbranched alkanes of at least 4 members (excludes halogenated alkanes) is 2. The lowest BCUT2D eigenvalue weighted by molar-refractivity contribution is -0.671. The van der Waals surface area contributed by atoms with E-state index in [1.165, 1.54) is 19.3 Å². The molecule has 1 heterocycles. The summed E-state index contributed by atoms with van der Waals surface area (Å²) in [4.78, 5) is 0. The van der Waals surface area contributed by atoms with E-state index in [2.05, 4.69) is 50.8 Å². The van der Waals surface area contributed by atoms with Gasteiger partial charge in [-0.1, -0.05) is 15.9 Å². The molecule has 2 nitrogen and oxygen atoms in total. The average Bonchev–Trinajstić information content (AvgIpc) is 2.45. The van der Waals surface area contributed by atoms with E-state index in [-0.39, 0.29) is 0 Å². The van der Waals surface area contributed by atoms with Crippen LogP contribution in [0, 0.1) is 0 Å². The van der Waals surface area contributed by atoms with Crippen LogP contribution >= 0.6 is 15.9 Å². The van der Waals surface area contributed by atoms with Crippen molar-refractivity contribution in [2.24, 2.45) is 7.05 Å². The SMILES string of the molecule is C[n+]1ccn(CCCCCBr)c1. The van der Waals surface area contributed by atoms with Gasteiger partial charge in [0.15, 0.2) is 0 Å². The van der Waals surface area contributed by atoms with Gasteiger partial charge in [0.1, 0.15) is 12.4 Å². The van der Waals surface area contributed by atoms with E-state index < -0.39 is 0 Å². The van der Waals surface area contributed by atoms with Gasteiger partial charge in [-0.3, -0.25) is 0 Å². The molecule has 3 heteroatoms. The van der Waals surface area contributed by atoms with Gasteiger partial charge in [-0.2, -0.15) is 0 Å². The predicted octanol–water partition coefficient (Wildman–Crippen LogP) is 1.88. The number of aryl methyl sites for hydroxylation is 2. The lowest BCUT2D eigenvalue weighted by Crippen LogP contribution is -2.23. The van der Waals surface area contributed by atoms with Crippen molar-refractivity contribution in [3.8, 4) is 0 Å². The molecular formula is C9H16BrN2+. The van der Waals surface area contributed by atoms with Gasteiger partial charge in [-0.15, -0.1) is 0 Å². The zero-order valence-corrected chi connectivity index (χ0v) is 9.13. The van der Waals surface area contributed by atoms with Crippen LogP contribution in [0.3, 0.4) is 0 Å². The highest BCUT2D eigenvalue weighted by molar-refractivity contribution is 9.09. The summed E-state index contributed by atoms with van der Waals surface area (Å²) in [5, 5.41) is 1.13. The molecule has 0 aliphatic rings. The van der Waals surface area contributed by atoms with Gasteiger partial charge in [0, 0.05) is 5.33 Å². The van der Waals surface area contributed by atoms with Crippen molar-refractivity contribution in [2.45, 2.75) is 25.8 Å². The minimum Gasteiger partial charge on any atom is -0.240 e. The van der Waals surface area contributed by atoms with Gasteiger partial charge in [-0.25, -0.2) is 9.13 Å². The number of halogens is 1. The first-order chi connectivity index (χ1) is 5.83. The van der Waals surface area contributed by atoms with Crippen molar-refractivity contribution >= 4 is 15.9 Å². The second-order valence-corrected chi connectivity index (χ2v) is 3.86. The number of imidazole rings is 1. The Hall–Kier alpha value is -0.310. The van der Waals surface area contributed by atoms with Crippen LogP contribution in [0.4, 0.5) is 0 Å². The topological polar surface area (TPSA) is 8.81 Å². The molecule has 0 amide bonds. The highest BCUT2D eigenvalue weighted by Crippen LogP contribution is 2.00. The summed E-state index contributed by atoms with van der Waals surface area (Å²) in [5.41, 5.74) is 0. The van der Waals surface area contributed by atoms with Gasteiger partial charge in [-0.05, 0) is 19.3 Å². The molecule has 1 rings (SSSR count). The van der Waals surface area contributed by atoms with Crippen molar-refractivity contribution in [2.75, 3.05) is 5.33 Å². The van der Waals surface area contributed by atoms with Crippen LogP contribution in [0.5, 0.6) is 0 Å². The third-order valence-electron chi connectivity index (χ3n) is 1.87. The number of alkyl halides is 1. The second-order valence-electron chi connectivity index (χ2n) is 3.07. The lowest BCUT2D eigenvalue weighted by atomic mass is 10.2. The molecule has 0 unspecified atom stereocenters. The standard InChI is InChI=1S/C9H16BrN2/c1-11-7-8-12(9-11)6-4-2-3-5-10/h7-9H,2-6H2,1H3/q+1. The van der Waals surface area contributed by atoms with E-state index in [0.717, 1.165) is 11.9 Å². The Morgan fingerprint density at radius 3 is 2.75 bits per heavy atom. The average molecular weight is 232 g/mol. The Bertz CT molecular complexity index is 220. The molecular weight excluding hydrogens is 216 g/mol. The van der Waals surface area contributed by atoms with Gasteiger partial charge in [0.25, 0.3) is 0 Å². The Kier molecular flexibility index (Phi) is 4.36. The lowest BCUT2D eigenvalue weighted by Gasteiger charge is -1.94. The molecule has 0 saturated heterocycles. The maximum absolute atomic E-state index is 3.43. The first-order valence-corrected chi connectivity index (χ1v) is 5.52. The molecule has 0 aliphatic carbocycles. The fourth-order valence-corrected chi connectivity index (χ4v) is 1.60. The summed E-state index contributed by atoms with van der Waals surface area (Å²) < 4.78 is 4.30. The van der Waals surface area contributed by atoms with Crippen molar-refractivity contribution < 1.29 is 4.57 Å². The molecule has 0 aliphatic heterocycles. The first-order valence-electron chi connectivity index (χ1n) is 4.40. The number of hydrogen-bond acceptors (Lipinski definition) is 0. The first kappa shape index (κ1) is 9.78. The minimum atomic E-state index is 1.13. The molecule has 0 radical (unpaired) electrons. The highest BCUT2D eigenvalue weighted by atomic mass is 79.9. The third kappa shape index (κ3) is 3.39. The molecule has 1 aromatic heterocycles. The van der Waals surface area contributed by atoms with Gasteiger partial charge in [0.2, 0.25) is 6.33 Å². The summed E-state index contributed by atoms with van der Waals surface area (Å²) >= 11 is 3.43. The van der Waals surface area contributed by atoms with Gasteiger partial charge >= 0.3 is 0 Å². The van der Waals surface area contributed by atoms with Crippen molar-refractivity contribution in [1.29, 1.82) is 0 Å². The van der Waals surface area contributed by atoms with Crippen molar-refractivity contribution in [3.05, 3.63) is 18.7 Å². The van der Waals surface area contributed by atoms with Gasteiger partial charge < -0.3 is 0 Å². The van der Waals surface area contributed by atoms with E-state index in [4.69, 9.17) is 0 Å². The predicted molar refractivity (Wildman–Crippen MR) is 53.3 cm³/mol. The maximum atomic E-state index is 3.43. The third-order valence-corrected chi connectivity index (χ3v) is 2.43. The summed E-state index contributed by atoms with van der Waals surface area (Å²) in [6, 6.07) is 0. The number of nitrogens with zero attached hydrogens (tertiary/aromatic N) is 2. The van der Waals surface area contributed by atoms with Crippen LogP contribution in [0.1, 0.15) is 19.3 Å². The Morgan fingerprint density at radius 1 is 1.33 bits per heavy atom. The van der Waals surface area contributed by atoms with Gasteiger partial charge in [0.05, 0.1) is 13.6 Å². The molecule has 68 valence electrons. The largest absolute Gasteiger partial charge is 0.243 e. The number of rotatable bonds is 5. The minimum absolute atomic E-state index is 1.13. The van der Waals surface area contributed by atoms with Crippen LogP contribution in [0.15, 0.2) is 18.7 Å². The number of hydrogen-bond donors (Lipinski definition) is 0. The second kappa shape index (κ2) is 5.36. The fraction of sp³-hybridized carbons (Fsp3) is 0.667. The highest BCUT2D eigenvalue weighted by Gasteiger charge is 1.98. The summed E-state index contributed by atoms with van der Waals surface area (Å²) in [7, 11) is 2.05. The normalized spacial score (nSPS) is 10.5. The van der Waals surface area contributed by atoms with Crippen LogP contribution in [-0.2, 0) is 13.6 Å². The summed E-state index contributed by atoms with van der Waals surface area (Å²) in [6.07, 6.45) is 10.2. The zero-order chi connectivity index (χ0) is 8.81. The van der Waals surface area contributed by atoms with E-state index in [1.54, 1.807) is 0 Å². The van der Waals surface area contributed by atoms with Crippen molar-refractivity contribution in [3.63, 3.8) is 0 Å². The maximum Gasteiger partial charge on any atom is 0.243 e. The molecule has 0 spiro atoms. The van der Waals surface area contributed by atoms with Crippen LogP contribution < -0.4 is 4.57 Å². The Balaban J connectivity index is 2.15. The smallest absolute Gasteiger partial charge is 0.240 e.